The molecular formula is C54H48O8. The number of esters is 1. The lowest BCUT2D eigenvalue weighted by molar-refractivity contribution is -0.128. The van der Waals surface area contributed by atoms with Crippen LogP contribution in [0.25, 0.3) is 28.3 Å². The van der Waals surface area contributed by atoms with Crippen LogP contribution < -0.4 is 23.7 Å². The Morgan fingerprint density at radius 3 is 1.79 bits per heavy atom. The second kappa shape index (κ2) is 18.5. The highest BCUT2D eigenvalue weighted by Crippen LogP contribution is 2.40. The first kappa shape index (κ1) is 41.4. The minimum atomic E-state index is -1.17. The van der Waals surface area contributed by atoms with Crippen molar-refractivity contribution in [3.63, 3.8) is 0 Å². The first-order valence-electron chi connectivity index (χ1n) is 20.6. The van der Waals surface area contributed by atoms with Gasteiger partial charge < -0.3 is 28.8 Å². The molecule has 6 aromatic carbocycles. The topological polar surface area (TPSA) is 101 Å². The zero-order valence-electron chi connectivity index (χ0n) is 35.3. The van der Waals surface area contributed by atoms with Crippen LogP contribution in [0.4, 0.5) is 0 Å². The zero-order chi connectivity index (χ0) is 43.2. The van der Waals surface area contributed by atoms with E-state index in [1.165, 1.54) is 51.1 Å². The van der Waals surface area contributed by atoms with Gasteiger partial charge in [-0.1, -0.05) is 72.8 Å². The van der Waals surface area contributed by atoms with E-state index < -0.39 is 11.9 Å². The number of benzene rings is 6. The van der Waals surface area contributed by atoms with E-state index in [4.69, 9.17) is 23.7 Å². The van der Waals surface area contributed by atoms with E-state index in [1.807, 2.05) is 54.6 Å². The first-order chi connectivity index (χ1) is 30.2. The Balaban J connectivity index is 0.964. The lowest BCUT2D eigenvalue weighted by atomic mass is 9.90. The summed E-state index contributed by atoms with van der Waals surface area (Å²) in [6.45, 7) is 0. The smallest absolute Gasteiger partial charge is 0.339 e. The lowest BCUT2D eigenvalue weighted by Gasteiger charge is -2.15. The molecule has 0 unspecified atom stereocenters. The number of hydrogen-bond acceptors (Lipinski definition) is 7. The lowest BCUT2D eigenvalue weighted by Crippen LogP contribution is -2.09. The van der Waals surface area contributed by atoms with Gasteiger partial charge in [-0.25, -0.2) is 9.59 Å². The molecule has 0 heterocycles. The molecule has 0 bridgehead atoms. The molecule has 0 amide bonds. The van der Waals surface area contributed by atoms with E-state index in [1.54, 1.807) is 46.6 Å². The van der Waals surface area contributed by atoms with Crippen LogP contribution in [0.15, 0.2) is 133 Å². The Hall–Kier alpha value is -7.32. The molecule has 2 aliphatic carbocycles. The summed E-state index contributed by atoms with van der Waals surface area (Å²) in [5, 5.41) is 10.0. The zero-order valence-corrected chi connectivity index (χ0v) is 35.3. The fourth-order valence-electron chi connectivity index (χ4n) is 8.58. The minimum Gasteiger partial charge on any atom is -0.497 e. The molecule has 8 nitrogen and oxygen atoms in total. The summed E-state index contributed by atoms with van der Waals surface area (Å²) in [6, 6.07) is 37.6. The van der Waals surface area contributed by atoms with Gasteiger partial charge in [0.15, 0.2) is 0 Å². The van der Waals surface area contributed by atoms with Gasteiger partial charge in [-0.3, -0.25) is 0 Å². The number of carboxylic acids is 1. The van der Waals surface area contributed by atoms with E-state index in [2.05, 4.69) is 54.6 Å². The van der Waals surface area contributed by atoms with Crippen molar-refractivity contribution in [3.05, 3.63) is 189 Å². The summed E-state index contributed by atoms with van der Waals surface area (Å²) in [7, 11) is 6.62. The second-order valence-corrected chi connectivity index (χ2v) is 15.5. The summed E-state index contributed by atoms with van der Waals surface area (Å²) < 4.78 is 27.8. The van der Waals surface area contributed by atoms with Gasteiger partial charge in [0.2, 0.25) is 0 Å². The van der Waals surface area contributed by atoms with Crippen LogP contribution in [0, 0.1) is 0 Å². The number of carboxylic acid groups (broad SMARTS) is 1. The second-order valence-electron chi connectivity index (χ2n) is 15.5. The van der Waals surface area contributed by atoms with Crippen molar-refractivity contribution < 1.29 is 38.4 Å². The van der Waals surface area contributed by atoms with Gasteiger partial charge in [0.1, 0.15) is 34.3 Å². The van der Waals surface area contributed by atoms with Gasteiger partial charge in [-0.15, -0.1) is 0 Å². The van der Waals surface area contributed by atoms with E-state index in [0.717, 1.165) is 88.5 Å². The number of rotatable bonds is 16. The molecule has 0 aromatic heterocycles. The number of carbonyl (C=O) groups is 2. The number of hydrogen-bond donors (Lipinski definition) is 1. The number of fused-ring (bicyclic) bond motifs is 2. The first-order valence-corrected chi connectivity index (χ1v) is 20.6. The van der Waals surface area contributed by atoms with E-state index in [9.17, 15) is 14.7 Å². The maximum absolute atomic E-state index is 13.3. The number of aryl methyl sites for hydroxylation is 2. The summed E-state index contributed by atoms with van der Waals surface area (Å²) in [5.74, 6) is 1.17. The standard InChI is InChI=1S/C54H48O8/c1-58-44-27-36(28-45(32-44)59-2)25-42-20-18-39-10-6-9-38(52(39)42)17-14-35-15-22-49(54(56)57)50(31-35)62-51(55)23-16-34-8-5-12-41(24-34)48-13-7-11-40-19-21-43(53(40)48)26-37-29-46(60-3)33-47(30-37)61-4/h5-13,15-16,20-24,27-33H,14,17-19,25-26H2,1-4H3,(H,56,57)/b23-16+. The van der Waals surface area contributed by atoms with Crippen LogP contribution >= 0.6 is 0 Å². The number of allylic oxidation sites excluding steroid dienone is 4. The maximum Gasteiger partial charge on any atom is 0.339 e. The van der Waals surface area contributed by atoms with Gasteiger partial charge in [0.05, 0.1) is 28.4 Å². The molecule has 312 valence electrons. The van der Waals surface area contributed by atoms with Crippen molar-refractivity contribution in [1.29, 1.82) is 0 Å². The summed E-state index contributed by atoms with van der Waals surface area (Å²) in [5.41, 5.74) is 14.6. The third-order valence-corrected chi connectivity index (χ3v) is 11.6. The Morgan fingerprint density at radius 1 is 0.597 bits per heavy atom. The molecular weight excluding hydrogens is 777 g/mol. The third-order valence-electron chi connectivity index (χ3n) is 11.6. The fraction of sp³-hybridized carbons (Fsp3) is 0.185. The summed E-state index contributed by atoms with van der Waals surface area (Å²) in [6.07, 6.45) is 12.1. The quantitative estimate of drug-likeness (QED) is 0.0585. The fourth-order valence-corrected chi connectivity index (χ4v) is 8.58. The molecule has 8 heteroatoms. The molecule has 0 spiro atoms. The number of aromatic carboxylic acids is 1. The third kappa shape index (κ3) is 9.20. The van der Waals surface area contributed by atoms with Crippen molar-refractivity contribution in [1.82, 2.24) is 0 Å². The summed E-state index contributed by atoms with van der Waals surface area (Å²) >= 11 is 0. The van der Waals surface area contributed by atoms with Crippen molar-refractivity contribution in [3.8, 4) is 39.9 Å². The molecule has 0 atom stereocenters. The van der Waals surface area contributed by atoms with Crippen LogP contribution in [0.2, 0.25) is 0 Å². The predicted octanol–water partition coefficient (Wildman–Crippen LogP) is 10.9. The summed E-state index contributed by atoms with van der Waals surface area (Å²) in [4.78, 5) is 25.6. The van der Waals surface area contributed by atoms with Gasteiger partial charge >= 0.3 is 11.9 Å². The van der Waals surface area contributed by atoms with E-state index in [0.29, 0.717) is 6.42 Å². The van der Waals surface area contributed by atoms with Crippen LogP contribution in [-0.2, 0) is 43.3 Å². The maximum atomic E-state index is 13.3. The molecule has 0 aliphatic heterocycles. The van der Waals surface area contributed by atoms with Gasteiger partial charge in [-0.05, 0) is 159 Å². The molecule has 0 radical (unpaired) electrons. The SMILES string of the molecule is COc1cc(CC2=CCc3cccc(CCc4ccc(C(=O)O)c(OC(=O)/C=C/c5cccc(-c6cccc7c6C(Cc6cc(OC)cc(OC)c6)=CC7)c5)c4)c32)cc(OC)c1. The average molecular weight is 825 g/mol. The van der Waals surface area contributed by atoms with Crippen molar-refractivity contribution in [2.24, 2.45) is 0 Å². The van der Waals surface area contributed by atoms with Crippen LogP contribution in [0.5, 0.6) is 28.7 Å². The Morgan fingerprint density at radius 2 is 1.18 bits per heavy atom. The largest absolute Gasteiger partial charge is 0.497 e. The minimum absolute atomic E-state index is 0.0112. The number of ether oxygens (including phenoxy) is 5. The Labute approximate surface area is 362 Å². The van der Waals surface area contributed by atoms with Crippen LogP contribution in [0.3, 0.4) is 0 Å². The highest BCUT2D eigenvalue weighted by molar-refractivity contribution is 5.95. The van der Waals surface area contributed by atoms with E-state index in [-0.39, 0.29) is 11.3 Å². The number of methoxy groups -OCH3 is 4. The molecule has 0 saturated carbocycles. The normalized spacial score (nSPS) is 12.6. The van der Waals surface area contributed by atoms with Crippen molar-refractivity contribution in [2.45, 2.75) is 38.5 Å². The van der Waals surface area contributed by atoms with Gasteiger partial charge in [0, 0.05) is 18.2 Å². The molecule has 62 heavy (non-hydrogen) atoms. The Bertz CT molecular complexity index is 2730. The molecule has 2 aliphatic rings. The molecule has 1 N–H and O–H groups in total. The molecule has 0 saturated heterocycles. The van der Waals surface area contributed by atoms with Crippen molar-refractivity contribution >= 4 is 29.2 Å². The van der Waals surface area contributed by atoms with Gasteiger partial charge in [-0.2, -0.15) is 0 Å². The van der Waals surface area contributed by atoms with E-state index >= 15 is 0 Å². The Kier molecular flexibility index (Phi) is 12.4. The highest BCUT2D eigenvalue weighted by Gasteiger charge is 2.22. The van der Waals surface area contributed by atoms with Crippen LogP contribution in [-0.4, -0.2) is 45.5 Å². The average Bonchev–Trinajstić information content (AvgIpc) is 3.91. The molecule has 8 rings (SSSR count). The van der Waals surface area contributed by atoms with Gasteiger partial charge in [0.25, 0.3) is 0 Å². The van der Waals surface area contributed by atoms with Crippen LogP contribution in [0.1, 0.15) is 60.4 Å². The predicted molar refractivity (Wildman–Crippen MR) is 244 cm³/mol. The monoisotopic (exact) mass is 824 g/mol. The molecule has 0 fully saturated rings. The van der Waals surface area contributed by atoms with Crippen molar-refractivity contribution in [2.75, 3.05) is 28.4 Å². The highest BCUT2D eigenvalue weighted by atomic mass is 16.5. The molecule has 6 aromatic rings. The number of carbonyl (C=O) groups excluding carboxylic acids is 1.